The lowest BCUT2D eigenvalue weighted by Gasteiger charge is -2.35. The second-order valence-electron chi connectivity index (χ2n) is 5.28. The lowest BCUT2D eigenvalue weighted by molar-refractivity contribution is -0.139. The number of ether oxygens (including phenoxy) is 1. The van der Waals surface area contributed by atoms with Crippen LogP contribution in [0.15, 0.2) is 12.5 Å². The number of carbonyl (C=O) groups excluding carboxylic acids is 1. The fraction of sp³-hybridized carbons (Fsp3) is 0.615. The van der Waals surface area contributed by atoms with E-state index in [2.05, 4.69) is 15.3 Å². The summed E-state index contributed by atoms with van der Waals surface area (Å²) in [5.41, 5.74) is 0.659. The first-order valence-electron chi connectivity index (χ1n) is 6.86. The summed E-state index contributed by atoms with van der Waals surface area (Å²) in [5, 5.41) is 11.8. The SMILES string of the molecule is CC1CN(C(=O)N[C@H](Cc2cnc[nH]2)C(=O)O)CC(C)O1. The summed E-state index contributed by atoms with van der Waals surface area (Å²) in [4.78, 5) is 31.7. The number of nitrogens with zero attached hydrogens (tertiary/aromatic N) is 2. The molecule has 8 heteroatoms. The average molecular weight is 296 g/mol. The first-order chi connectivity index (χ1) is 9.95. The van der Waals surface area contributed by atoms with Gasteiger partial charge in [-0.25, -0.2) is 14.6 Å². The Balaban J connectivity index is 1.96. The van der Waals surface area contributed by atoms with Gasteiger partial charge in [-0.1, -0.05) is 0 Å². The van der Waals surface area contributed by atoms with Crippen LogP contribution in [0.5, 0.6) is 0 Å². The van der Waals surface area contributed by atoms with E-state index in [1.807, 2.05) is 13.8 Å². The molecule has 2 rings (SSSR count). The van der Waals surface area contributed by atoms with Gasteiger partial charge in [0.05, 0.1) is 18.5 Å². The molecule has 1 aliphatic heterocycles. The topological polar surface area (TPSA) is 108 Å². The Labute approximate surface area is 122 Å². The van der Waals surface area contributed by atoms with Gasteiger partial charge in [-0.05, 0) is 13.8 Å². The molecule has 0 aromatic carbocycles. The van der Waals surface area contributed by atoms with Crippen LogP contribution in [-0.2, 0) is 16.0 Å². The standard InChI is InChI=1S/C13H20N4O4/c1-8-5-17(6-9(2)21-8)13(20)16-11(12(18)19)3-10-4-14-7-15-10/h4,7-9,11H,3,5-6H2,1-2H3,(H,14,15)(H,16,20)(H,18,19)/t8?,9?,11-/m1/s1. The summed E-state index contributed by atoms with van der Waals surface area (Å²) in [7, 11) is 0. The minimum Gasteiger partial charge on any atom is -0.480 e. The third-order valence-electron chi connectivity index (χ3n) is 3.28. The number of aliphatic carboxylic acids is 1. The van der Waals surface area contributed by atoms with Crippen molar-refractivity contribution >= 4 is 12.0 Å². The Morgan fingerprint density at radius 2 is 2.19 bits per heavy atom. The molecule has 3 N–H and O–H groups in total. The van der Waals surface area contributed by atoms with Crippen molar-refractivity contribution in [1.29, 1.82) is 0 Å². The van der Waals surface area contributed by atoms with Crippen molar-refractivity contribution in [3.8, 4) is 0 Å². The number of aromatic nitrogens is 2. The monoisotopic (exact) mass is 296 g/mol. The van der Waals surface area contributed by atoms with E-state index in [4.69, 9.17) is 4.74 Å². The number of nitrogens with one attached hydrogen (secondary N) is 2. The maximum atomic E-state index is 12.2. The predicted molar refractivity (Wildman–Crippen MR) is 73.8 cm³/mol. The molecule has 0 saturated carbocycles. The van der Waals surface area contributed by atoms with Gasteiger partial charge in [0.15, 0.2) is 0 Å². The number of carboxylic acid groups (broad SMARTS) is 1. The zero-order valence-corrected chi connectivity index (χ0v) is 12.1. The molecule has 0 aliphatic carbocycles. The molecule has 2 amide bonds. The van der Waals surface area contributed by atoms with Crippen molar-refractivity contribution in [2.45, 2.75) is 38.5 Å². The summed E-state index contributed by atoms with van der Waals surface area (Å²) in [5.74, 6) is -1.08. The summed E-state index contributed by atoms with van der Waals surface area (Å²) in [6.07, 6.45) is 3.06. The van der Waals surface area contributed by atoms with E-state index in [1.54, 1.807) is 11.1 Å². The van der Waals surface area contributed by atoms with E-state index < -0.39 is 12.0 Å². The van der Waals surface area contributed by atoms with Gasteiger partial charge in [0.25, 0.3) is 0 Å². The number of imidazole rings is 1. The smallest absolute Gasteiger partial charge is 0.326 e. The van der Waals surface area contributed by atoms with Crippen LogP contribution in [0.3, 0.4) is 0 Å². The van der Waals surface area contributed by atoms with Crippen LogP contribution in [0, 0.1) is 0 Å². The molecule has 0 bridgehead atoms. The minimum atomic E-state index is -1.08. The Morgan fingerprint density at radius 1 is 1.52 bits per heavy atom. The van der Waals surface area contributed by atoms with Crippen molar-refractivity contribution in [2.75, 3.05) is 13.1 Å². The maximum absolute atomic E-state index is 12.2. The first-order valence-corrected chi connectivity index (χ1v) is 6.86. The highest BCUT2D eigenvalue weighted by molar-refractivity contribution is 5.82. The molecule has 1 aromatic rings. The highest BCUT2D eigenvalue weighted by Crippen LogP contribution is 2.11. The summed E-state index contributed by atoms with van der Waals surface area (Å²) in [6, 6.07) is -1.38. The molecule has 21 heavy (non-hydrogen) atoms. The Kier molecular flexibility index (Phi) is 4.79. The highest BCUT2D eigenvalue weighted by Gasteiger charge is 2.29. The molecule has 1 fully saturated rings. The molecule has 3 atom stereocenters. The summed E-state index contributed by atoms with van der Waals surface area (Å²) >= 11 is 0. The first kappa shape index (κ1) is 15.3. The molecule has 1 aliphatic rings. The van der Waals surface area contributed by atoms with Crippen molar-refractivity contribution in [3.05, 3.63) is 18.2 Å². The van der Waals surface area contributed by atoms with Crippen molar-refractivity contribution in [1.82, 2.24) is 20.2 Å². The number of carbonyl (C=O) groups is 2. The van der Waals surface area contributed by atoms with E-state index in [9.17, 15) is 14.7 Å². The van der Waals surface area contributed by atoms with Gasteiger partial charge in [-0.3, -0.25) is 0 Å². The molecular formula is C13H20N4O4. The third kappa shape index (κ3) is 4.19. The van der Waals surface area contributed by atoms with Crippen molar-refractivity contribution < 1.29 is 19.4 Å². The Morgan fingerprint density at radius 3 is 2.71 bits per heavy atom. The number of hydrogen-bond acceptors (Lipinski definition) is 4. The van der Waals surface area contributed by atoms with Crippen LogP contribution < -0.4 is 5.32 Å². The van der Waals surface area contributed by atoms with Gasteiger partial charge in [-0.15, -0.1) is 0 Å². The average Bonchev–Trinajstić information content (AvgIpc) is 2.89. The number of hydrogen-bond donors (Lipinski definition) is 3. The van der Waals surface area contributed by atoms with Crippen LogP contribution >= 0.6 is 0 Å². The van der Waals surface area contributed by atoms with Gasteiger partial charge in [0.1, 0.15) is 6.04 Å². The number of H-pyrrole nitrogens is 1. The van der Waals surface area contributed by atoms with Crippen LogP contribution in [-0.4, -0.2) is 63.3 Å². The second kappa shape index (κ2) is 6.57. The Bertz CT molecular complexity index is 480. The zero-order valence-electron chi connectivity index (χ0n) is 12.1. The largest absolute Gasteiger partial charge is 0.480 e. The van der Waals surface area contributed by atoms with Crippen molar-refractivity contribution in [2.24, 2.45) is 0 Å². The molecule has 1 saturated heterocycles. The molecule has 116 valence electrons. The number of amides is 2. The zero-order chi connectivity index (χ0) is 15.4. The predicted octanol–water partition coefficient (Wildman–Crippen LogP) is 0.224. The van der Waals surface area contributed by atoms with Crippen LogP contribution in [0.4, 0.5) is 4.79 Å². The summed E-state index contributed by atoms with van der Waals surface area (Å²) in [6.45, 7) is 4.67. The van der Waals surface area contributed by atoms with Gasteiger partial charge in [0, 0.05) is 31.4 Å². The lowest BCUT2D eigenvalue weighted by Crippen LogP contribution is -2.55. The van der Waals surface area contributed by atoms with Gasteiger partial charge in [0.2, 0.25) is 0 Å². The highest BCUT2D eigenvalue weighted by atomic mass is 16.5. The normalized spacial score (nSPS) is 23.6. The molecule has 8 nitrogen and oxygen atoms in total. The quantitative estimate of drug-likeness (QED) is 0.737. The van der Waals surface area contributed by atoms with E-state index in [0.717, 1.165) is 0 Å². The van der Waals surface area contributed by atoms with Crippen molar-refractivity contribution in [3.63, 3.8) is 0 Å². The fourth-order valence-corrected chi connectivity index (χ4v) is 2.40. The molecule has 0 spiro atoms. The van der Waals surface area contributed by atoms with Crippen LogP contribution in [0.1, 0.15) is 19.5 Å². The molecule has 1 aromatic heterocycles. The number of carboxylic acids is 1. The number of urea groups is 1. The molecular weight excluding hydrogens is 276 g/mol. The molecule has 2 unspecified atom stereocenters. The maximum Gasteiger partial charge on any atom is 0.326 e. The van der Waals surface area contributed by atoms with Gasteiger partial charge in [-0.2, -0.15) is 0 Å². The Hall–Kier alpha value is -2.09. The van der Waals surface area contributed by atoms with Crippen LogP contribution in [0.25, 0.3) is 0 Å². The minimum absolute atomic E-state index is 0.0598. The second-order valence-corrected chi connectivity index (χ2v) is 5.28. The van der Waals surface area contributed by atoms with Gasteiger partial charge < -0.3 is 25.0 Å². The summed E-state index contributed by atoms with van der Waals surface area (Å²) < 4.78 is 5.55. The van der Waals surface area contributed by atoms with E-state index >= 15 is 0 Å². The van der Waals surface area contributed by atoms with Crippen LogP contribution in [0.2, 0.25) is 0 Å². The molecule has 2 heterocycles. The number of rotatable bonds is 4. The fourth-order valence-electron chi connectivity index (χ4n) is 2.40. The lowest BCUT2D eigenvalue weighted by atomic mass is 10.1. The van der Waals surface area contributed by atoms with E-state index in [-0.39, 0.29) is 24.7 Å². The van der Waals surface area contributed by atoms with Gasteiger partial charge >= 0.3 is 12.0 Å². The van der Waals surface area contributed by atoms with E-state index in [1.165, 1.54) is 6.33 Å². The van der Waals surface area contributed by atoms with E-state index in [0.29, 0.717) is 18.8 Å². The molecule has 0 radical (unpaired) electrons. The third-order valence-corrected chi connectivity index (χ3v) is 3.28. The number of morpholine rings is 1. The number of aromatic amines is 1.